The molecule has 7 nitrogen and oxygen atoms in total. The molecule has 7 heteroatoms. The second-order valence-electron chi connectivity index (χ2n) is 4.16. The predicted octanol–water partition coefficient (Wildman–Crippen LogP) is 1.15. The molecule has 0 saturated carbocycles. The number of nitrogens with one attached hydrogen (secondary N) is 1. The highest BCUT2D eigenvalue weighted by Crippen LogP contribution is 2.27. The Morgan fingerprint density at radius 3 is 2.67 bits per heavy atom. The Balaban J connectivity index is 2.98. The minimum atomic E-state index is -1.99. The van der Waals surface area contributed by atoms with E-state index in [1.807, 2.05) is 0 Å². The zero-order valence-electron chi connectivity index (χ0n) is 10.0. The third-order valence-electron chi connectivity index (χ3n) is 2.52. The van der Waals surface area contributed by atoms with Crippen LogP contribution in [0.2, 0.25) is 0 Å². The van der Waals surface area contributed by atoms with E-state index >= 15 is 0 Å². The fourth-order valence-electron chi connectivity index (χ4n) is 1.37. The number of nitro groups is 1. The minimum absolute atomic E-state index is 0.156. The number of carboxylic acids is 1. The molecule has 1 atom stereocenters. The number of hydrogen-bond acceptors (Lipinski definition) is 5. The Hall–Kier alpha value is -2.15. The summed E-state index contributed by atoms with van der Waals surface area (Å²) in [6, 6.07) is 4.50. The monoisotopic (exact) mass is 254 g/mol. The quantitative estimate of drug-likeness (QED) is 0.536. The van der Waals surface area contributed by atoms with Crippen LogP contribution in [0.3, 0.4) is 0 Å². The first kappa shape index (κ1) is 13.9. The first-order valence-corrected chi connectivity index (χ1v) is 5.19. The second kappa shape index (κ2) is 5.01. The average molecular weight is 254 g/mol. The molecule has 18 heavy (non-hydrogen) atoms. The minimum Gasteiger partial charge on any atom is -0.479 e. The number of hydrogen-bond donors (Lipinski definition) is 3. The summed E-state index contributed by atoms with van der Waals surface area (Å²) >= 11 is 0. The summed E-state index contributed by atoms with van der Waals surface area (Å²) in [5.74, 6) is -1.40. The molecule has 0 saturated heterocycles. The average Bonchev–Trinajstić information content (AvgIpc) is 2.26. The third-order valence-corrected chi connectivity index (χ3v) is 2.52. The lowest BCUT2D eigenvalue weighted by molar-refractivity contribution is -0.384. The first-order valence-electron chi connectivity index (χ1n) is 5.19. The van der Waals surface area contributed by atoms with E-state index in [0.717, 1.165) is 6.92 Å². The van der Waals surface area contributed by atoms with Crippen molar-refractivity contribution in [3.8, 4) is 0 Å². The Morgan fingerprint density at radius 1 is 1.56 bits per heavy atom. The molecule has 0 aromatic heterocycles. The van der Waals surface area contributed by atoms with Gasteiger partial charge in [-0.25, -0.2) is 4.79 Å². The Bertz CT molecular complexity index is 484. The molecule has 1 aromatic carbocycles. The zero-order chi connectivity index (χ0) is 13.9. The van der Waals surface area contributed by atoms with Gasteiger partial charge >= 0.3 is 5.97 Å². The number of carboxylic acid groups (broad SMARTS) is 1. The summed E-state index contributed by atoms with van der Waals surface area (Å²) in [4.78, 5) is 21.0. The zero-order valence-corrected chi connectivity index (χ0v) is 10.0. The molecule has 0 aliphatic heterocycles. The van der Waals surface area contributed by atoms with Gasteiger partial charge < -0.3 is 15.5 Å². The van der Waals surface area contributed by atoms with E-state index in [9.17, 15) is 20.0 Å². The molecule has 0 spiro atoms. The summed E-state index contributed by atoms with van der Waals surface area (Å²) in [6.45, 7) is 2.45. The van der Waals surface area contributed by atoms with Gasteiger partial charge in [0.15, 0.2) is 5.60 Å². The number of nitro benzene ring substituents is 1. The van der Waals surface area contributed by atoms with E-state index in [2.05, 4.69) is 5.32 Å². The van der Waals surface area contributed by atoms with Gasteiger partial charge in [-0.05, 0) is 19.4 Å². The van der Waals surface area contributed by atoms with Gasteiger partial charge in [-0.2, -0.15) is 0 Å². The Kier molecular flexibility index (Phi) is 3.87. The molecule has 0 heterocycles. The molecule has 0 aliphatic rings. The van der Waals surface area contributed by atoms with Crippen LogP contribution in [0.5, 0.6) is 0 Å². The lowest BCUT2D eigenvalue weighted by Crippen LogP contribution is -2.42. The second-order valence-corrected chi connectivity index (χ2v) is 4.16. The largest absolute Gasteiger partial charge is 0.479 e. The van der Waals surface area contributed by atoms with Gasteiger partial charge in [-0.1, -0.05) is 12.1 Å². The number of anilines is 1. The van der Waals surface area contributed by atoms with Crippen molar-refractivity contribution in [2.45, 2.75) is 19.4 Å². The van der Waals surface area contributed by atoms with Crippen LogP contribution >= 0.6 is 0 Å². The van der Waals surface area contributed by atoms with Gasteiger partial charge in [-0.3, -0.25) is 10.1 Å². The van der Waals surface area contributed by atoms with E-state index in [-0.39, 0.29) is 17.9 Å². The first-order chi connectivity index (χ1) is 8.25. The van der Waals surface area contributed by atoms with Crippen molar-refractivity contribution in [1.29, 1.82) is 0 Å². The van der Waals surface area contributed by atoms with Crippen molar-refractivity contribution in [2.75, 3.05) is 11.9 Å². The standard InChI is InChI=1S/C11H14N2O5/c1-7-4-3-5-8(13(17)18)9(7)12-6-11(2,16)10(14)15/h3-5,12,16H,6H2,1-2H3,(H,14,15). The van der Waals surface area contributed by atoms with E-state index in [4.69, 9.17) is 5.11 Å². The van der Waals surface area contributed by atoms with Crippen LogP contribution in [-0.4, -0.2) is 33.3 Å². The highest BCUT2D eigenvalue weighted by molar-refractivity contribution is 5.78. The number of benzene rings is 1. The van der Waals surface area contributed by atoms with E-state index in [0.29, 0.717) is 5.56 Å². The smallest absolute Gasteiger partial charge is 0.337 e. The fraction of sp³-hybridized carbons (Fsp3) is 0.364. The van der Waals surface area contributed by atoms with Crippen LogP contribution in [0.15, 0.2) is 18.2 Å². The number of aryl methyl sites for hydroxylation is 1. The number of nitrogens with zero attached hydrogens (tertiary/aromatic N) is 1. The molecule has 1 unspecified atom stereocenters. The van der Waals surface area contributed by atoms with E-state index in [1.165, 1.54) is 12.1 Å². The Labute approximate surface area is 103 Å². The van der Waals surface area contributed by atoms with Crippen LogP contribution in [0.25, 0.3) is 0 Å². The number of aliphatic hydroxyl groups is 1. The topological polar surface area (TPSA) is 113 Å². The summed E-state index contributed by atoms with van der Waals surface area (Å²) in [7, 11) is 0. The molecule has 0 bridgehead atoms. The van der Waals surface area contributed by atoms with Gasteiger partial charge in [0.2, 0.25) is 0 Å². The van der Waals surface area contributed by atoms with Crippen LogP contribution in [0.1, 0.15) is 12.5 Å². The van der Waals surface area contributed by atoms with Crippen molar-refractivity contribution in [3.05, 3.63) is 33.9 Å². The molecule has 0 aliphatic carbocycles. The van der Waals surface area contributed by atoms with Crippen molar-refractivity contribution in [1.82, 2.24) is 0 Å². The lowest BCUT2D eigenvalue weighted by atomic mass is 10.1. The maximum Gasteiger partial charge on any atom is 0.337 e. The normalized spacial score (nSPS) is 13.7. The Morgan fingerprint density at radius 2 is 2.17 bits per heavy atom. The maximum atomic E-state index is 10.8. The SMILES string of the molecule is Cc1cccc([N+](=O)[O-])c1NCC(C)(O)C(=O)O. The molecule has 1 aromatic rings. The number of rotatable bonds is 5. The van der Waals surface area contributed by atoms with Crippen molar-refractivity contribution < 1.29 is 19.9 Å². The van der Waals surface area contributed by atoms with E-state index in [1.54, 1.807) is 13.0 Å². The summed E-state index contributed by atoms with van der Waals surface area (Å²) in [6.07, 6.45) is 0. The number of para-hydroxylation sites is 1. The van der Waals surface area contributed by atoms with Gasteiger partial charge in [-0.15, -0.1) is 0 Å². The van der Waals surface area contributed by atoms with Gasteiger partial charge in [0.25, 0.3) is 5.69 Å². The molecule has 0 amide bonds. The summed E-state index contributed by atoms with van der Waals surface area (Å²) in [5.41, 5.74) is -1.33. The highest BCUT2D eigenvalue weighted by atomic mass is 16.6. The van der Waals surface area contributed by atoms with Gasteiger partial charge in [0.1, 0.15) is 5.69 Å². The van der Waals surface area contributed by atoms with Gasteiger partial charge in [0.05, 0.1) is 11.5 Å². The predicted molar refractivity (Wildman–Crippen MR) is 64.6 cm³/mol. The molecular formula is C11H14N2O5. The van der Waals surface area contributed by atoms with Gasteiger partial charge in [0, 0.05) is 6.07 Å². The number of carbonyl (C=O) groups is 1. The van der Waals surface area contributed by atoms with E-state index < -0.39 is 16.5 Å². The van der Waals surface area contributed by atoms with Crippen molar-refractivity contribution in [3.63, 3.8) is 0 Å². The lowest BCUT2D eigenvalue weighted by Gasteiger charge is -2.19. The molecular weight excluding hydrogens is 240 g/mol. The third kappa shape index (κ3) is 2.95. The highest BCUT2D eigenvalue weighted by Gasteiger charge is 2.30. The molecule has 3 N–H and O–H groups in total. The molecule has 0 radical (unpaired) electrons. The molecule has 1 rings (SSSR count). The summed E-state index contributed by atoms with van der Waals surface area (Å²) < 4.78 is 0. The van der Waals surface area contributed by atoms with Crippen LogP contribution in [0.4, 0.5) is 11.4 Å². The maximum absolute atomic E-state index is 10.8. The van der Waals surface area contributed by atoms with Crippen LogP contribution < -0.4 is 5.32 Å². The number of aliphatic carboxylic acids is 1. The van der Waals surface area contributed by atoms with Crippen molar-refractivity contribution >= 4 is 17.3 Å². The van der Waals surface area contributed by atoms with Crippen LogP contribution in [-0.2, 0) is 4.79 Å². The molecule has 98 valence electrons. The summed E-state index contributed by atoms with van der Waals surface area (Å²) in [5, 5.41) is 31.7. The molecule has 0 fully saturated rings. The van der Waals surface area contributed by atoms with Crippen molar-refractivity contribution in [2.24, 2.45) is 0 Å². The van der Waals surface area contributed by atoms with Crippen LogP contribution in [0, 0.1) is 17.0 Å². The fourth-order valence-corrected chi connectivity index (χ4v) is 1.37.